The van der Waals surface area contributed by atoms with Crippen molar-refractivity contribution >= 4 is 28.5 Å². The maximum atomic E-state index is 12.7. The lowest BCUT2D eigenvalue weighted by atomic mass is 10.0. The summed E-state index contributed by atoms with van der Waals surface area (Å²) in [5, 5.41) is 1.35. The molecule has 0 aliphatic carbocycles. The molecule has 24 heavy (non-hydrogen) atoms. The van der Waals surface area contributed by atoms with Crippen LogP contribution in [0.15, 0.2) is 6.07 Å². The van der Waals surface area contributed by atoms with Crippen molar-refractivity contribution < 1.29 is 14.3 Å². The summed E-state index contributed by atoms with van der Waals surface area (Å²) < 4.78 is 13.2. The summed E-state index contributed by atoms with van der Waals surface area (Å²) in [4.78, 5) is 17.2. The molecule has 1 aliphatic rings. The summed E-state index contributed by atoms with van der Waals surface area (Å²) in [6, 6.07) is 1.79. The molecule has 0 N–H and O–H groups in total. The van der Waals surface area contributed by atoms with Crippen molar-refractivity contribution in [1.29, 1.82) is 0 Å². The number of hydrogen-bond donors (Lipinski definition) is 0. The Hall–Kier alpha value is -1.59. The first-order chi connectivity index (χ1) is 11.2. The molecule has 0 radical (unpaired) electrons. The fourth-order valence-corrected chi connectivity index (χ4v) is 3.50. The lowest BCUT2D eigenvalue weighted by molar-refractivity contribution is 0.00586. The third-order valence-electron chi connectivity index (χ3n) is 4.25. The molecule has 3 heterocycles. The highest BCUT2D eigenvalue weighted by Gasteiger charge is 2.29. The van der Waals surface area contributed by atoms with Crippen molar-refractivity contribution in [2.24, 2.45) is 7.05 Å². The van der Waals surface area contributed by atoms with Gasteiger partial charge in [0, 0.05) is 19.0 Å². The molecule has 1 saturated heterocycles. The minimum absolute atomic E-state index is 0.0706. The number of ether oxygens (including phenoxy) is 2. The van der Waals surface area contributed by atoms with Crippen molar-refractivity contribution in [2.75, 3.05) is 6.61 Å². The highest BCUT2D eigenvalue weighted by molar-refractivity contribution is 6.30. The lowest BCUT2D eigenvalue weighted by Gasteiger charge is -2.20. The summed E-state index contributed by atoms with van der Waals surface area (Å²) in [6.45, 7) is 8.23. The third-order valence-corrected chi connectivity index (χ3v) is 4.44. The van der Waals surface area contributed by atoms with E-state index in [0.29, 0.717) is 10.8 Å². The number of esters is 1. The van der Waals surface area contributed by atoms with E-state index in [1.807, 2.05) is 39.3 Å². The zero-order valence-corrected chi connectivity index (χ0v) is 15.5. The second-order valence-electron chi connectivity index (χ2n) is 7.26. The molecule has 1 fully saturated rings. The molecule has 0 bridgehead atoms. The first-order valence-corrected chi connectivity index (χ1v) is 8.57. The van der Waals surface area contributed by atoms with Crippen molar-refractivity contribution in [3.05, 3.63) is 28.2 Å². The quantitative estimate of drug-likeness (QED) is 0.597. The van der Waals surface area contributed by atoms with Gasteiger partial charge in [-0.1, -0.05) is 11.6 Å². The van der Waals surface area contributed by atoms with E-state index in [4.69, 9.17) is 21.1 Å². The maximum Gasteiger partial charge on any atom is 0.355 e. The highest BCUT2D eigenvalue weighted by atomic mass is 35.5. The van der Waals surface area contributed by atoms with E-state index in [1.165, 1.54) is 0 Å². The fourth-order valence-electron chi connectivity index (χ4n) is 3.30. The first kappa shape index (κ1) is 17.2. The van der Waals surface area contributed by atoms with E-state index in [9.17, 15) is 4.79 Å². The van der Waals surface area contributed by atoms with Gasteiger partial charge in [0.1, 0.15) is 22.6 Å². The average molecular weight is 351 g/mol. The molecule has 1 aliphatic heterocycles. The SMILES string of the molecule is Cc1c(C(=O)OC(C)(C)C)n(C)c2cc(Cl)nc(C3CCCO3)c12. The Labute approximate surface area is 146 Å². The topological polar surface area (TPSA) is 53.4 Å². The zero-order valence-electron chi connectivity index (χ0n) is 14.8. The van der Waals surface area contributed by atoms with E-state index in [1.54, 1.807) is 6.07 Å². The molecule has 3 rings (SSSR count). The second-order valence-corrected chi connectivity index (χ2v) is 7.65. The number of halogens is 1. The van der Waals surface area contributed by atoms with E-state index < -0.39 is 5.60 Å². The van der Waals surface area contributed by atoms with Crippen LogP contribution in [0, 0.1) is 6.92 Å². The molecule has 0 spiro atoms. The number of aromatic nitrogens is 2. The maximum absolute atomic E-state index is 12.7. The number of fused-ring (bicyclic) bond motifs is 1. The van der Waals surface area contributed by atoms with Crippen LogP contribution in [0.1, 0.15) is 61.5 Å². The Bertz CT molecular complexity index is 799. The van der Waals surface area contributed by atoms with E-state index >= 15 is 0 Å². The van der Waals surface area contributed by atoms with Crippen LogP contribution in [0.4, 0.5) is 0 Å². The van der Waals surface area contributed by atoms with Gasteiger partial charge < -0.3 is 14.0 Å². The molecule has 2 aromatic rings. The summed E-state index contributed by atoms with van der Waals surface area (Å²) in [7, 11) is 1.85. The molecule has 0 aromatic carbocycles. The predicted octanol–water partition coefficient (Wildman–Crippen LogP) is 4.34. The van der Waals surface area contributed by atoms with Crippen LogP contribution in [0.2, 0.25) is 5.15 Å². The van der Waals surface area contributed by atoms with Crippen LogP contribution in [-0.2, 0) is 16.5 Å². The standard InChI is InChI=1S/C18H23ClN2O3/c1-10-14-11(21(5)16(10)17(22)24-18(2,3)4)9-13(19)20-15(14)12-7-6-8-23-12/h9,12H,6-8H2,1-5H3. The third kappa shape index (κ3) is 3.03. The normalized spacial score (nSPS) is 18.3. The smallest absolute Gasteiger partial charge is 0.355 e. The summed E-state index contributed by atoms with van der Waals surface area (Å²) in [5.41, 5.74) is 2.53. The number of pyridine rings is 1. The van der Waals surface area contributed by atoms with E-state index in [0.717, 1.165) is 41.6 Å². The lowest BCUT2D eigenvalue weighted by Crippen LogP contribution is -2.25. The molecule has 6 heteroatoms. The Morgan fingerprint density at radius 3 is 2.75 bits per heavy atom. The van der Waals surface area contributed by atoms with Crippen LogP contribution >= 0.6 is 11.6 Å². The van der Waals surface area contributed by atoms with Gasteiger partial charge in [-0.15, -0.1) is 0 Å². The first-order valence-electron chi connectivity index (χ1n) is 8.19. The van der Waals surface area contributed by atoms with Gasteiger partial charge in [-0.25, -0.2) is 9.78 Å². The number of rotatable bonds is 2. The summed E-state index contributed by atoms with van der Waals surface area (Å²) in [6.07, 6.45) is 1.85. The van der Waals surface area contributed by atoms with Crippen molar-refractivity contribution in [1.82, 2.24) is 9.55 Å². The van der Waals surface area contributed by atoms with Gasteiger partial charge >= 0.3 is 5.97 Å². The largest absolute Gasteiger partial charge is 0.455 e. The number of nitrogens with zero attached hydrogens (tertiary/aromatic N) is 2. The molecule has 0 amide bonds. The number of carbonyl (C=O) groups excluding carboxylic acids is 1. The Morgan fingerprint density at radius 1 is 1.46 bits per heavy atom. The van der Waals surface area contributed by atoms with Gasteiger partial charge in [-0.2, -0.15) is 0 Å². The van der Waals surface area contributed by atoms with Crippen LogP contribution < -0.4 is 0 Å². The monoisotopic (exact) mass is 350 g/mol. The minimum atomic E-state index is -0.548. The van der Waals surface area contributed by atoms with Gasteiger partial charge in [0.15, 0.2) is 0 Å². The number of hydrogen-bond acceptors (Lipinski definition) is 4. The Balaban J connectivity index is 2.19. The van der Waals surface area contributed by atoms with Crippen molar-refractivity contribution in [3.8, 4) is 0 Å². The fraction of sp³-hybridized carbons (Fsp3) is 0.556. The van der Waals surface area contributed by atoms with E-state index in [2.05, 4.69) is 4.98 Å². The summed E-state index contributed by atoms with van der Waals surface area (Å²) >= 11 is 6.23. The predicted molar refractivity (Wildman–Crippen MR) is 93.6 cm³/mol. The van der Waals surface area contributed by atoms with Gasteiger partial charge in [0.2, 0.25) is 0 Å². The van der Waals surface area contributed by atoms with Crippen LogP contribution in [0.5, 0.6) is 0 Å². The Morgan fingerprint density at radius 2 is 2.17 bits per heavy atom. The molecule has 2 aromatic heterocycles. The number of aryl methyl sites for hydroxylation is 2. The molecule has 5 nitrogen and oxygen atoms in total. The molecular weight excluding hydrogens is 328 g/mol. The number of carbonyl (C=O) groups is 1. The van der Waals surface area contributed by atoms with Crippen molar-refractivity contribution in [3.63, 3.8) is 0 Å². The highest BCUT2D eigenvalue weighted by Crippen LogP contribution is 2.37. The van der Waals surface area contributed by atoms with Crippen LogP contribution in [-0.4, -0.2) is 27.7 Å². The molecule has 130 valence electrons. The van der Waals surface area contributed by atoms with E-state index in [-0.39, 0.29) is 12.1 Å². The van der Waals surface area contributed by atoms with Crippen LogP contribution in [0.3, 0.4) is 0 Å². The minimum Gasteiger partial charge on any atom is -0.455 e. The van der Waals surface area contributed by atoms with Gasteiger partial charge in [-0.3, -0.25) is 0 Å². The average Bonchev–Trinajstić information content (AvgIpc) is 3.05. The molecule has 1 atom stereocenters. The van der Waals surface area contributed by atoms with Crippen molar-refractivity contribution in [2.45, 2.75) is 52.2 Å². The summed E-state index contributed by atoms with van der Waals surface area (Å²) in [5.74, 6) is -0.340. The van der Waals surface area contributed by atoms with Gasteiger partial charge in [0.05, 0.1) is 11.2 Å². The molecular formula is C18H23ClN2O3. The second kappa shape index (κ2) is 6.05. The Kier molecular flexibility index (Phi) is 4.34. The zero-order chi connectivity index (χ0) is 17.6. The molecule has 0 saturated carbocycles. The van der Waals surface area contributed by atoms with Crippen LogP contribution in [0.25, 0.3) is 10.9 Å². The molecule has 1 unspecified atom stereocenters. The van der Waals surface area contributed by atoms with Gasteiger partial charge in [-0.05, 0) is 52.2 Å². The van der Waals surface area contributed by atoms with Gasteiger partial charge in [0.25, 0.3) is 0 Å².